The molecule has 0 aliphatic carbocycles. The van der Waals surface area contributed by atoms with Gasteiger partial charge in [-0.3, -0.25) is 4.98 Å². The molecule has 0 aliphatic heterocycles. The monoisotopic (exact) mass is 368 g/mol. The quantitative estimate of drug-likeness (QED) is 0.745. The molecule has 0 aliphatic rings. The number of halogens is 2. The molecule has 2 rings (SSSR count). The van der Waals surface area contributed by atoms with E-state index in [1.165, 1.54) is 0 Å². The Balaban J connectivity index is 2.13. The van der Waals surface area contributed by atoms with Crippen LogP contribution in [0.1, 0.15) is 32.0 Å². The third-order valence-electron chi connectivity index (χ3n) is 3.10. The lowest BCUT2D eigenvalue weighted by atomic mass is 10.1. The van der Waals surface area contributed by atoms with Gasteiger partial charge in [0.05, 0.1) is 16.9 Å². The Hall–Kier alpha value is -1.10. The fraction of sp³-hybridized carbons (Fsp3) is 0.312. The van der Waals surface area contributed by atoms with Crippen LogP contribution in [0.5, 0.6) is 11.5 Å². The zero-order valence-electron chi connectivity index (χ0n) is 12.1. The van der Waals surface area contributed by atoms with E-state index in [4.69, 9.17) is 16.3 Å². The predicted octanol–water partition coefficient (Wildman–Crippen LogP) is 5.35. The van der Waals surface area contributed by atoms with Crippen molar-refractivity contribution in [2.45, 2.75) is 26.3 Å². The lowest BCUT2D eigenvalue weighted by Gasteiger charge is -2.15. The van der Waals surface area contributed by atoms with Crippen molar-refractivity contribution in [3.05, 3.63) is 51.7 Å². The molecule has 5 heteroatoms. The molecule has 0 saturated heterocycles. The van der Waals surface area contributed by atoms with Gasteiger partial charge in [-0.25, -0.2) is 0 Å². The van der Waals surface area contributed by atoms with Gasteiger partial charge in [0.2, 0.25) is 0 Å². The summed E-state index contributed by atoms with van der Waals surface area (Å²) in [7, 11) is 0. The Morgan fingerprint density at radius 3 is 2.71 bits per heavy atom. The summed E-state index contributed by atoms with van der Waals surface area (Å²) in [5.41, 5.74) is 1.02. The predicted molar refractivity (Wildman–Crippen MR) is 90.2 cm³/mol. The maximum Gasteiger partial charge on any atom is 0.147 e. The minimum atomic E-state index is 0.276. The Kier molecular flexibility index (Phi) is 6.03. The van der Waals surface area contributed by atoms with Gasteiger partial charge < -0.3 is 10.1 Å². The SMILES string of the molecule is CCNC(CC)c1ccc(Oc2cc(Br)ccc2Cl)cn1. The van der Waals surface area contributed by atoms with Crippen LogP contribution in [0.25, 0.3) is 0 Å². The molecule has 0 bridgehead atoms. The van der Waals surface area contributed by atoms with Crippen LogP contribution in [0.3, 0.4) is 0 Å². The number of nitrogens with one attached hydrogen (secondary N) is 1. The molecule has 1 atom stereocenters. The van der Waals surface area contributed by atoms with Crippen molar-refractivity contribution >= 4 is 27.5 Å². The smallest absolute Gasteiger partial charge is 0.147 e. The van der Waals surface area contributed by atoms with Gasteiger partial charge in [-0.1, -0.05) is 41.4 Å². The van der Waals surface area contributed by atoms with E-state index in [9.17, 15) is 0 Å². The van der Waals surface area contributed by atoms with Gasteiger partial charge in [-0.05, 0) is 43.3 Å². The van der Waals surface area contributed by atoms with E-state index < -0.39 is 0 Å². The number of benzene rings is 1. The summed E-state index contributed by atoms with van der Waals surface area (Å²) in [5, 5.41) is 3.97. The Bertz CT molecular complexity index is 589. The average Bonchev–Trinajstić information content (AvgIpc) is 2.49. The summed E-state index contributed by atoms with van der Waals surface area (Å²) in [6.45, 7) is 5.15. The van der Waals surface area contributed by atoms with E-state index in [-0.39, 0.29) is 6.04 Å². The number of aromatic nitrogens is 1. The van der Waals surface area contributed by atoms with Crippen molar-refractivity contribution in [3.8, 4) is 11.5 Å². The summed E-state index contributed by atoms with van der Waals surface area (Å²) in [4.78, 5) is 4.47. The number of hydrogen-bond acceptors (Lipinski definition) is 3. The lowest BCUT2D eigenvalue weighted by Crippen LogP contribution is -2.20. The highest BCUT2D eigenvalue weighted by atomic mass is 79.9. The number of ether oxygens (including phenoxy) is 1. The first kappa shape index (κ1) is 16.3. The molecule has 0 spiro atoms. The number of rotatable bonds is 6. The molecule has 1 heterocycles. The van der Waals surface area contributed by atoms with Crippen LogP contribution in [0.4, 0.5) is 0 Å². The van der Waals surface area contributed by atoms with Gasteiger partial charge in [-0.15, -0.1) is 0 Å². The molecule has 1 aromatic carbocycles. The van der Waals surface area contributed by atoms with Gasteiger partial charge in [0.15, 0.2) is 0 Å². The average molecular weight is 370 g/mol. The number of nitrogens with zero attached hydrogens (tertiary/aromatic N) is 1. The molecule has 2 aromatic rings. The van der Waals surface area contributed by atoms with Gasteiger partial charge >= 0.3 is 0 Å². The van der Waals surface area contributed by atoms with Crippen LogP contribution in [0.15, 0.2) is 41.0 Å². The molecular weight excluding hydrogens is 352 g/mol. The lowest BCUT2D eigenvalue weighted by molar-refractivity contribution is 0.476. The van der Waals surface area contributed by atoms with E-state index >= 15 is 0 Å². The fourth-order valence-corrected chi connectivity index (χ4v) is 2.54. The molecular formula is C16H18BrClN2O. The summed E-state index contributed by atoms with van der Waals surface area (Å²) in [5.74, 6) is 1.28. The van der Waals surface area contributed by atoms with Crippen LogP contribution in [-0.2, 0) is 0 Å². The number of hydrogen-bond donors (Lipinski definition) is 1. The highest BCUT2D eigenvalue weighted by Gasteiger charge is 2.10. The fourth-order valence-electron chi connectivity index (χ4n) is 2.05. The zero-order valence-corrected chi connectivity index (χ0v) is 14.4. The van der Waals surface area contributed by atoms with E-state index in [2.05, 4.69) is 40.1 Å². The largest absolute Gasteiger partial charge is 0.454 e. The molecule has 1 aromatic heterocycles. The maximum absolute atomic E-state index is 6.12. The third kappa shape index (κ3) is 4.43. The highest BCUT2D eigenvalue weighted by Crippen LogP contribution is 2.32. The van der Waals surface area contributed by atoms with Crippen molar-refractivity contribution in [1.82, 2.24) is 10.3 Å². The van der Waals surface area contributed by atoms with Crippen molar-refractivity contribution in [2.24, 2.45) is 0 Å². The second-order valence-electron chi connectivity index (χ2n) is 4.61. The van der Waals surface area contributed by atoms with E-state index in [0.29, 0.717) is 16.5 Å². The third-order valence-corrected chi connectivity index (χ3v) is 3.90. The van der Waals surface area contributed by atoms with Crippen LogP contribution in [0.2, 0.25) is 5.02 Å². The van der Waals surface area contributed by atoms with Crippen LogP contribution in [0, 0.1) is 0 Å². The van der Waals surface area contributed by atoms with Crippen molar-refractivity contribution < 1.29 is 4.74 Å². The van der Waals surface area contributed by atoms with Gasteiger partial charge in [0.1, 0.15) is 11.5 Å². The summed E-state index contributed by atoms with van der Waals surface area (Å²) >= 11 is 9.52. The highest BCUT2D eigenvalue weighted by molar-refractivity contribution is 9.10. The van der Waals surface area contributed by atoms with E-state index in [1.54, 1.807) is 12.3 Å². The first-order valence-corrected chi connectivity index (χ1v) is 8.13. The van der Waals surface area contributed by atoms with E-state index in [1.807, 2.05) is 24.3 Å². The standard InChI is InChI=1S/C16H18BrClN2O/c1-3-14(19-4-2)15-8-6-12(10-20-15)21-16-9-11(17)5-7-13(16)18/h5-10,14,19H,3-4H2,1-2H3. The molecule has 0 amide bonds. The summed E-state index contributed by atoms with van der Waals surface area (Å²) in [6, 6.07) is 9.68. The van der Waals surface area contributed by atoms with Crippen LogP contribution < -0.4 is 10.1 Å². The zero-order chi connectivity index (χ0) is 15.2. The second-order valence-corrected chi connectivity index (χ2v) is 5.94. The van der Waals surface area contributed by atoms with Crippen molar-refractivity contribution in [1.29, 1.82) is 0 Å². The molecule has 0 saturated carbocycles. The Morgan fingerprint density at radius 1 is 1.29 bits per heavy atom. The minimum Gasteiger partial charge on any atom is -0.454 e. The van der Waals surface area contributed by atoms with Crippen LogP contribution in [-0.4, -0.2) is 11.5 Å². The first-order chi connectivity index (χ1) is 10.1. The minimum absolute atomic E-state index is 0.276. The Labute approximate surface area is 138 Å². The topological polar surface area (TPSA) is 34.1 Å². The Morgan fingerprint density at radius 2 is 2.10 bits per heavy atom. The molecule has 3 nitrogen and oxygen atoms in total. The van der Waals surface area contributed by atoms with Gasteiger partial charge in [0.25, 0.3) is 0 Å². The first-order valence-electron chi connectivity index (χ1n) is 6.96. The van der Waals surface area contributed by atoms with Gasteiger partial charge in [-0.2, -0.15) is 0 Å². The molecule has 0 radical (unpaired) electrons. The summed E-state index contributed by atoms with van der Waals surface area (Å²) in [6.07, 6.45) is 2.73. The number of pyridine rings is 1. The second kappa shape index (κ2) is 7.78. The van der Waals surface area contributed by atoms with E-state index in [0.717, 1.165) is 23.1 Å². The maximum atomic E-state index is 6.12. The van der Waals surface area contributed by atoms with Crippen molar-refractivity contribution in [2.75, 3.05) is 6.54 Å². The molecule has 1 N–H and O–H groups in total. The van der Waals surface area contributed by atoms with Gasteiger partial charge in [0, 0.05) is 10.5 Å². The normalized spacial score (nSPS) is 12.2. The van der Waals surface area contributed by atoms with Crippen molar-refractivity contribution in [3.63, 3.8) is 0 Å². The molecule has 112 valence electrons. The molecule has 21 heavy (non-hydrogen) atoms. The molecule has 1 unspecified atom stereocenters. The molecule has 0 fully saturated rings. The summed E-state index contributed by atoms with van der Waals surface area (Å²) < 4.78 is 6.69. The van der Waals surface area contributed by atoms with Crippen LogP contribution >= 0.6 is 27.5 Å².